The summed E-state index contributed by atoms with van der Waals surface area (Å²) in [6, 6.07) is 3.51. The molecule has 168 valence electrons. The quantitative estimate of drug-likeness (QED) is 0.618. The van der Waals surface area contributed by atoms with Crippen LogP contribution >= 0.6 is 0 Å². The van der Waals surface area contributed by atoms with Gasteiger partial charge in [-0.2, -0.15) is 0 Å². The number of methoxy groups -OCH3 is 1. The van der Waals surface area contributed by atoms with E-state index in [9.17, 15) is 13.9 Å². The van der Waals surface area contributed by atoms with Gasteiger partial charge in [0.15, 0.2) is 0 Å². The van der Waals surface area contributed by atoms with Crippen molar-refractivity contribution in [1.82, 2.24) is 30.0 Å². The van der Waals surface area contributed by atoms with Gasteiger partial charge in [-0.3, -0.25) is 0 Å². The lowest BCUT2D eigenvalue weighted by Gasteiger charge is -2.41. The van der Waals surface area contributed by atoms with Gasteiger partial charge >= 0.3 is 0 Å². The van der Waals surface area contributed by atoms with Crippen molar-refractivity contribution in [3.05, 3.63) is 43.1 Å². The number of fused-ring (bicyclic) bond motifs is 2. The number of benzene rings is 1. The Morgan fingerprint density at radius 2 is 2.16 bits per heavy atom. The zero-order valence-corrected chi connectivity index (χ0v) is 17.6. The minimum Gasteiger partial charge on any atom is -0.507 e. The molecule has 2 bridgehead atoms. The summed E-state index contributed by atoms with van der Waals surface area (Å²) in [5, 5.41) is 21.9. The van der Waals surface area contributed by atoms with Crippen LogP contribution in [0.15, 0.2) is 43.1 Å². The van der Waals surface area contributed by atoms with Gasteiger partial charge in [-0.25, -0.2) is 18.7 Å². The molecule has 5 rings (SSSR count). The van der Waals surface area contributed by atoms with E-state index in [1.54, 1.807) is 47.4 Å². The Kier molecular flexibility index (Phi) is 5.01. The smallest absolute Gasteiger partial charge is 0.264 e. The monoisotopic (exact) mass is 443 g/mol. The van der Waals surface area contributed by atoms with Crippen molar-refractivity contribution in [2.24, 2.45) is 0 Å². The zero-order chi connectivity index (χ0) is 22.5. The molecule has 4 atom stereocenters. The number of aromatic nitrogens is 5. The van der Waals surface area contributed by atoms with Gasteiger partial charge in [-0.05, 0) is 18.6 Å². The van der Waals surface area contributed by atoms with Crippen LogP contribution < -0.4 is 10.2 Å². The zero-order valence-electron chi connectivity index (χ0n) is 17.6. The molecule has 4 heterocycles. The number of ether oxygens (including phenoxy) is 1. The summed E-state index contributed by atoms with van der Waals surface area (Å²) < 4.78 is 35.8. The van der Waals surface area contributed by atoms with E-state index in [2.05, 4.69) is 25.5 Å². The van der Waals surface area contributed by atoms with Gasteiger partial charge in [0.1, 0.15) is 11.4 Å². The largest absolute Gasteiger partial charge is 0.507 e. The van der Waals surface area contributed by atoms with Gasteiger partial charge in [0.25, 0.3) is 5.92 Å². The number of nitrogens with zero attached hydrogens (tertiary/aromatic N) is 6. The van der Waals surface area contributed by atoms with Crippen LogP contribution in [0.4, 0.5) is 14.7 Å². The van der Waals surface area contributed by atoms with E-state index in [1.165, 1.54) is 13.3 Å². The first kappa shape index (κ1) is 20.7. The highest BCUT2D eigenvalue weighted by atomic mass is 19.3. The maximum Gasteiger partial charge on any atom is 0.264 e. The standard InChI is InChI=1S/C21H23F2N7O2/c1-29(16-8-18-21(22,23)9-14(26-18)19(16)32-2)20-25-10-15(27-28-20)13-4-3-12(7-17(13)31)30-6-5-24-11-30/h3-7,10-11,14,16,18-19,26,31H,8-9H2,1-2H3/t14?,16-,18+,19-/m0/s1. The number of rotatable bonds is 5. The molecule has 2 saturated heterocycles. The highest BCUT2D eigenvalue weighted by molar-refractivity contribution is 5.68. The van der Waals surface area contributed by atoms with Crippen LogP contribution in [-0.4, -0.2) is 74.1 Å². The van der Waals surface area contributed by atoms with Gasteiger partial charge in [0.2, 0.25) is 5.95 Å². The van der Waals surface area contributed by atoms with Crippen LogP contribution in [0.25, 0.3) is 16.9 Å². The number of halogens is 2. The summed E-state index contributed by atoms with van der Waals surface area (Å²) in [5.41, 5.74) is 1.64. The maximum absolute atomic E-state index is 14.2. The number of phenols is 1. The highest BCUT2D eigenvalue weighted by Crippen LogP contribution is 2.41. The van der Waals surface area contributed by atoms with Crippen molar-refractivity contribution in [1.29, 1.82) is 0 Å². The van der Waals surface area contributed by atoms with E-state index >= 15 is 0 Å². The second-order valence-corrected chi connectivity index (χ2v) is 8.22. The first-order valence-corrected chi connectivity index (χ1v) is 10.3. The number of alkyl halides is 2. The topological polar surface area (TPSA) is 101 Å². The van der Waals surface area contributed by atoms with Crippen LogP contribution in [0, 0.1) is 0 Å². The maximum atomic E-state index is 14.2. The summed E-state index contributed by atoms with van der Waals surface area (Å²) >= 11 is 0. The van der Waals surface area contributed by atoms with Crippen molar-refractivity contribution in [2.75, 3.05) is 19.1 Å². The molecule has 2 aromatic heterocycles. The third kappa shape index (κ3) is 3.47. The van der Waals surface area contributed by atoms with E-state index in [4.69, 9.17) is 4.74 Å². The van der Waals surface area contributed by atoms with Crippen molar-refractivity contribution < 1.29 is 18.6 Å². The molecular weight excluding hydrogens is 420 g/mol. The highest BCUT2D eigenvalue weighted by Gasteiger charge is 2.57. The van der Waals surface area contributed by atoms with Crippen LogP contribution in [0.1, 0.15) is 12.8 Å². The molecule has 0 amide bonds. The fourth-order valence-electron chi connectivity index (χ4n) is 4.68. The third-order valence-electron chi connectivity index (χ3n) is 6.36. The molecular formula is C21H23F2N7O2. The third-order valence-corrected chi connectivity index (χ3v) is 6.36. The Labute approximate surface area is 183 Å². The number of hydrogen-bond donors (Lipinski definition) is 2. The number of nitrogens with one attached hydrogen (secondary N) is 1. The first-order chi connectivity index (χ1) is 15.4. The lowest BCUT2D eigenvalue weighted by atomic mass is 9.95. The SMILES string of the molecule is CO[C@H]1C2CC(F)(F)[C@@H](C[C@@H]1N(C)c1ncc(-c3ccc(-n4ccnc4)cc3O)nn1)N2. The Balaban J connectivity index is 1.37. The Morgan fingerprint density at radius 1 is 1.31 bits per heavy atom. The van der Waals surface area contributed by atoms with E-state index in [0.717, 1.165) is 5.69 Å². The second kappa shape index (κ2) is 7.75. The van der Waals surface area contributed by atoms with Crippen LogP contribution in [0.3, 0.4) is 0 Å². The first-order valence-electron chi connectivity index (χ1n) is 10.3. The molecule has 32 heavy (non-hydrogen) atoms. The van der Waals surface area contributed by atoms with Crippen LogP contribution in [0.5, 0.6) is 5.75 Å². The average molecular weight is 443 g/mol. The molecule has 2 N–H and O–H groups in total. The van der Waals surface area contributed by atoms with Gasteiger partial charge in [-0.15, -0.1) is 10.2 Å². The van der Waals surface area contributed by atoms with Gasteiger partial charge < -0.3 is 24.6 Å². The van der Waals surface area contributed by atoms with Crippen LogP contribution in [0.2, 0.25) is 0 Å². The molecule has 9 nitrogen and oxygen atoms in total. The predicted octanol–water partition coefficient (Wildman–Crippen LogP) is 2.02. The van der Waals surface area contributed by atoms with E-state index < -0.39 is 24.1 Å². The Morgan fingerprint density at radius 3 is 2.81 bits per heavy atom. The molecule has 2 aliphatic heterocycles. The molecule has 0 saturated carbocycles. The fraction of sp³-hybridized carbons (Fsp3) is 0.429. The summed E-state index contributed by atoms with van der Waals surface area (Å²) in [7, 11) is 3.29. The van der Waals surface area contributed by atoms with E-state index in [-0.39, 0.29) is 24.6 Å². The molecule has 2 aliphatic rings. The molecule has 0 aliphatic carbocycles. The Hall–Kier alpha value is -3.18. The molecule has 3 aromatic rings. The normalized spacial score (nSPS) is 26.2. The minimum atomic E-state index is -2.76. The average Bonchev–Trinajstić information content (AvgIpc) is 3.40. The summed E-state index contributed by atoms with van der Waals surface area (Å²) in [4.78, 5) is 10.1. The van der Waals surface area contributed by atoms with Crippen molar-refractivity contribution in [3.8, 4) is 22.7 Å². The number of hydrogen-bond acceptors (Lipinski definition) is 8. The van der Waals surface area contributed by atoms with Crippen molar-refractivity contribution >= 4 is 5.95 Å². The lowest BCUT2D eigenvalue weighted by molar-refractivity contribution is -0.0139. The van der Waals surface area contributed by atoms with E-state index in [0.29, 0.717) is 17.2 Å². The second-order valence-electron chi connectivity index (χ2n) is 8.22. The van der Waals surface area contributed by atoms with Gasteiger partial charge in [0, 0.05) is 50.6 Å². The fourth-order valence-corrected chi connectivity index (χ4v) is 4.68. The molecule has 2 fully saturated rings. The number of imidazole rings is 1. The van der Waals surface area contributed by atoms with Crippen molar-refractivity contribution in [3.63, 3.8) is 0 Å². The molecule has 0 radical (unpaired) electrons. The number of phenolic OH excluding ortho intramolecular Hbond substituents is 1. The summed E-state index contributed by atoms with van der Waals surface area (Å²) in [6.45, 7) is 0. The molecule has 1 unspecified atom stereocenters. The minimum absolute atomic E-state index is 0.0324. The van der Waals surface area contributed by atoms with E-state index in [1.807, 2.05) is 6.07 Å². The van der Waals surface area contributed by atoms with Gasteiger partial charge in [-0.1, -0.05) is 0 Å². The molecule has 1 aromatic carbocycles. The van der Waals surface area contributed by atoms with Crippen molar-refractivity contribution in [2.45, 2.75) is 43.0 Å². The number of aromatic hydroxyl groups is 1. The molecule has 0 spiro atoms. The molecule has 11 heteroatoms. The number of piperidine rings is 1. The lowest BCUT2D eigenvalue weighted by Crippen LogP contribution is -2.59. The predicted molar refractivity (Wildman–Crippen MR) is 112 cm³/mol. The van der Waals surface area contributed by atoms with Gasteiger partial charge in [0.05, 0.1) is 36.4 Å². The van der Waals surface area contributed by atoms with Crippen LogP contribution in [-0.2, 0) is 4.74 Å². The summed E-state index contributed by atoms with van der Waals surface area (Å²) in [6.07, 6.45) is 6.11. The number of anilines is 1. The summed E-state index contributed by atoms with van der Waals surface area (Å²) in [5.74, 6) is -2.43. The Bertz CT molecular complexity index is 1090. The number of likely N-dealkylation sites (N-methyl/N-ethyl adjacent to an activating group) is 1.